The Morgan fingerprint density at radius 3 is 1.20 bits per heavy atom. The quantitative estimate of drug-likeness (QED) is 0.456. The minimum Gasteiger partial charge on any atom is -0.109 e. The van der Waals surface area contributed by atoms with Gasteiger partial charge in [-0.3, -0.25) is 0 Å². The molecule has 34 valence electrons. The lowest BCUT2D eigenvalue weighted by molar-refractivity contribution is 2.20. The number of alkyl halides is 2. The van der Waals surface area contributed by atoms with Crippen molar-refractivity contribution in [3.05, 3.63) is 0 Å². The van der Waals surface area contributed by atoms with E-state index >= 15 is 0 Å². The van der Waals surface area contributed by atoms with Gasteiger partial charge in [0.1, 0.15) is 0 Å². The van der Waals surface area contributed by atoms with Gasteiger partial charge in [-0.05, 0) is 8.91 Å². The van der Waals surface area contributed by atoms with Crippen LogP contribution >= 0.6 is 53.6 Å². The summed E-state index contributed by atoms with van der Waals surface area (Å²) in [5.41, 5.74) is 0. The number of hydrogen-bond acceptors (Lipinski definition) is 0. The SMILES string of the molecule is ClCCl.ClI. The van der Waals surface area contributed by atoms with E-state index in [-0.39, 0.29) is 5.34 Å². The number of rotatable bonds is 0. The molecule has 0 radical (unpaired) electrons. The van der Waals surface area contributed by atoms with Gasteiger partial charge in [0.15, 0.2) is 0 Å². The molecule has 0 aliphatic heterocycles. The molecule has 0 aromatic rings. The zero-order chi connectivity index (χ0) is 4.71. The molecule has 0 N–H and O–H groups in total. The Morgan fingerprint density at radius 2 is 1.20 bits per heavy atom. The third-order valence-corrected chi connectivity index (χ3v) is 0. The van der Waals surface area contributed by atoms with Crippen molar-refractivity contribution in [2.45, 2.75) is 0 Å². The molecule has 4 heteroatoms. The fourth-order valence-electron chi connectivity index (χ4n) is 0. The van der Waals surface area contributed by atoms with Gasteiger partial charge in [0.05, 0.1) is 5.34 Å². The van der Waals surface area contributed by atoms with Gasteiger partial charge in [-0.25, -0.2) is 0 Å². The molecule has 0 fully saturated rings. The van der Waals surface area contributed by atoms with Crippen molar-refractivity contribution in [3.63, 3.8) is 0 Å². The predicted molar refractivity (Wildman–Crippen MR) is 36.4 cm³/mol. The highest BCUT2D eigenvalue weighted by atomic mass is 127. The van der Waals surface area contributed by atoms with Crippen LogP contribution in [0.15, 0.2) is 0 Å². The van der Waals surface area contributed by atoms with E-state index in [4.69, 9.17) is 23.2 Å². The summed E-state index contributed by atoms with van der Waals surface area (Å²) in [6, 6.07) is 0. The summed E-state index contributed by atoms with van der Waals surface area (Å²) in [6.45, 7) is 0. The lowest BCUT2D eigenvalue weighted by Crippen LogP contribution is -1.24. The van der Waals surface area contributed by atoms with E-state index < -0.39 is 0 Å². The van der Waals surface area contributed by atoms with Gasteiger partial charge in [0, 0.05) is 21.5 Å². The van der Waals surface area contributed by atoms with Crippen LogP contribution in [0.25, 0.3) is 0 Å². The van der Waals surface area contributed by atoms with E-state index in [0.717, 1.165) is 0 Å². The molecule has 0 aromatic carbocycles. The lowest BCUT2D eigenvalue weighted by Gasteiger charge is -1.42. The highest BCUT2D eigenvalue weighted by molar-refractivity contribution is 14.1. The predicted octanol–water partition coefficient (Wildman–Crippen LogP) is 3.00. The first kappa shape index (κ1) is 9.78. The third-order valence-electron chi connectivity index (χ3n) is 0. The average Bonchev–Trinajstić information content (AvgIpc) is 1.46. The summed E-state index contributed by atoms with van der Waals surface area (Å²) in [5, 5.41) is 0.194. The molecular weight excluding hydrogens is 245 g/mol. The van der Waals surface area contributed by atoms with Crippen molar-refractivity contribution in [2.24, 2.45) is 0 Å². The van der Waals surface area contributed by atoms with Crippen LogP contribution in [0.2, 0.25) is 0 Å². The first-order valence-corrected chi connectivity index (χ1v) is 4.48. The summed E-state index contributed by atoms with van der Waals surface area (Å²) >= 11 is 11.1. The molecule has 0 spiro atoms. The second kappa shape index (κ2) is 17.5. The summed E-state index contributed by atoms with van der Waals surface area (Å²) in [7, 11) is 4.61. The molecule has 0 aromatic heterocycles. The van der Waals surface area contributed by atoms with E-state index in [1.54, 1.807) is 21.5 Å². The van der Waals surface area contributed by atoms with Gasteiger partial charge >= 0.3 is 0 Å². The van der Waals surface area contributed by atoms with E-state index in [0.29, 0.717) is 0 Å². The fraction of sp³-hybridized carbons (Fsp3) is 1.00. The van der Waals surface area contributed by atoms with Crippen LogP contribution in [0, 0.1) is 0 Å². The molecule has 0 aliphatic carbocycles. The normalized spacial score (nSPS) is 4.80. The smallest absolute Gasteiger partial charge is 0.0967 e. The van der Waals surface area contributed by atoms with Gasteiger partial charge in [0.2, 0.25) is 0 Å². The Kier molecular flexibility index (Phi) is 34.3. The van der Waals surface area contributed by atoms with Crippen LogP contribution in [-0.2, 0) is 0 Å². The van der Waals surface area contributed by atoms with Crippen molar-refractivity contribution >= 4 is 53.6 Å². The highest BCUT2D eigenvalue weighted by Crippen LogP contribution is 1.79. The van der Waals surface area contributed by atoms with Crippen LogP contribution in [-0.4, -0.2) is 5.34 Å². The molecule has 5 heavy (non-hydrogen) atoms. The van der Waals surface area contributed by atoms with Crippen molar-refractivity contribution in [1.29, 1.82) is 0 Å². The van der Waals surface area contributed by atoms with Crippen molar-refractivity contribution in [3.8, 4) is 0 Å². The zero-order valence-electron chi connectivity index (χ0n) is 2.22. The minimum atomic E-state index is 0.194. The molecule has 0 bridgehead atoms. The second-order valence-electron chi connectivity index (χ2n) is 0.101. The fourth-order valence-corrected chi connectivity index (χ4v) is 0. The van der Waals surface area contributed by atoms with Gasteiger partial charge in [-0.1, -0.05) is 0 Å². The van der Waals surface area contributed by atoms with Crippen LogP contribution in [0.3, 0.4) is 0 Å². The van der Waals surface area contributed by atoms with E-state index in [1.807, 2.05) is 0 Å². The maximum absolute atomic E-state index is 4.76. The maximum Gasteiger partial charge on any atom is 0.0967 e. The van der Waals surface area contributed by atoms with Gasteiger partial charge in [-0.15, -0.1) is 23.2 Å². The first-order chi connectivity index (χ1) is 2.41. The molecule has 0 saturated carbocycles. The lowest BCUT2D eigenvalue weighted by atomic mass is 11.9. The molecule has 0 unspecified atom stereocenters. The first-order valence-electron chi connectivity index (χ1n) is 0.677. The Balaban J connectivity index is 0. The molecule has 0 rings (SSSR count). The van der Waals surface area contributed by atoms with Gasteiger partial charge in [0.25, 0.3) is 0 Å². The molecule has 0 saturated heterocycles. The monoisotopic (exact) mass is 246 g/mol. The second-order valence-corrected chi connectivity index (χ2v) is 0.909. The summed E-state index contributed by atoms with van der Waals surface area (Å²) < 4.78 is 0. The van der Waals surface area contributed by atoms with Gasteiger partial charge < -0.3 is 0 Å². The number of hydrogen-bond donors (Lipinski definition) is 0. The summed E-state index contributed by atoms with van der Waals surface area (Å²) in [5.74, 6) is 0. The average molecular weight is 247 g/mol. The third kappa shape index (κ3) is 28.3. The molecule has 0 amide bonds. The molecular formula is CH2Cl3I. The number of halogens is 4. The topological polar surface area (TPSA) is 0 Å². The standard InChI is InChI=1S/CH2Cl2.ClI/c2-1-3;1-2/h1H2;. The van der Waals surface area contributed by atoms with Crippen LogP contribution < -0.4 is 0 Å². The van der Waals surface area contributed by atoms with Crippen LogP contribution in [0.4, 0.5) is 0 Å². The van der Waals surface area contributed by atoms with E-state index in [1.165, 1.54) is 0 Å². The highest BCUT2D eigenvalue weighted by Gasteiger charge is 1.41. The van der Waals surface area contributed by atoms with Crippen LogP contribution in [0.5, 0.6) is 0 Å². The van der Waals surface area contributed by atoms with Crippen molar-refractivity contribution in [2.75, 3.05) is 5.34 Å². The minimum absolute atomic E-state index is 0.194. The molecule has 0 nitrogen and oxygen atoms in total. The van der Waals surface area contributed by atoms with Crippen LogP contribution in [0.1, 0.15) is 0 Å². The largest absolute Gasteiger partial charge is 0.109 e. The Bertz CT molecular complexity index is 6.85. The Hall–Kier alpha value is 1.60. The summed E-state index contributed by atoms with van der Waals surface area (Å²) in [4.78, 5) is 0. The zero-order valence-corrected chi connectivity index (χ0v) is 6.64. The molecule has 0 atom stereocenters. The Morgan fingerprint density at radius 1 is 1.20 bits per heavy atom. The maximum atomic E-state index is 4.76. The van der Waals surface area contributed by atoms with Gasteiger partial charge in [-0.2, -0.15) is 0 Å². The summed E-state index contributed by atoms with van der Waals surface area (Å²) in [6.07, 6.45) is 0. The Labute approximate surface area is 58.6 Å². The molecule has 0 aliphatic rings. The van der Waals surface area contributed by atoms with Crippen molar-refractivity contribution < 1.29 is 0 Å². The molecule has 0 heterocycles. The van der Waals surface area contributed by atoms with Crippen molar-refractivity contribution in [1.82, 2.24) is 0 Å². The van der Waals surface area contributed by atoms with E-state index in [9.17, 15) is 0 Å². The van der Waals surface area contributed by atoms with E-state index in [2.05, 4.69) is 8.91 Å².